The molecule has 0 unspecified atom stereocenters. The van der Waals surface area contributed by atoms with Crippen LogP contribution in [0.25, 0.3) is 10.8 Å². The van der Waals surface area contributed by atoms with E-state index in [0.29, 0.717) is 6.42 Å². The van der Waals surface area contributed by atoms with Gasteiger partial charge in [0.25, 0.3) is 0 Å². The Bertz CT molecular complexity index is 574. The van der Waals surface area contributed by atoms with Gasteiger partial charge in [-0.1, -0.05) is 42.8 Å². The van der Waals surface area contributed by atoms with Crippen molar-refractivity contribution in [1.82, 2.24) is 4.90 Å². The molecule has 2 nitrogen and oxygen atoms in total. The molecule has 106 valence electrons. The van der Waals surface area contributed by atoms with Crippen molar-refractivity contribution in [1.29, 1.82) is 0 Å². The van der Waals surface area contributed by atoms with Crippen LogP contribution in [-0.2, 0) is 0 Å². The fourth-order valence-corrected chi connectivity index (χ4v) is 2.40. The molecule has 0 radical (unpaired) electrons. The van der Waals surface area contributed by atoms with Crippen LogP contribution in [0.1, 0.15) is 36.0 Å². The van der Waals surface area contributed by atoms with E-state index >= 15 is 0 Å². The lowest BCUT2D eigenvalue weighted by molar-refractivity contribution is 0.0979. The zero-order valence-corrected chi connectivity index (χ0v) is 12.4. The third-order valence-electron chi connectivity index (χ3n) is 3.58. The summed E-state index contributed by atoms with van der Waals surface area (Å²) in [5, 5.41) is 2.33. The zero-order chi connectivity index (χ0) is 14.4. The zero-order valence-electron chi connectivity index (χ0n) is 12.4. The van der Waals surface area contributed by atoms with Crippen molar-refractivity contribution in [3.05, 3.63) is 48.0 Å². The van der Waals surface area contributed by atoms with Crippen LogP contribution in [0, 0.1) is 0 Å². The molecule has 2 aromatic rings. The highest BCUT2D eigenvalue weighted by molar-refractivity contribution is 5.99. The minimum Gasteiger partial charge on any atom is -0.309 e. The van der Waals surface area contributed by atoms with E-state index in [2.05, 4.69) is 31.1 Å². The Morgan fingerprint density at radius 3 is 2.45 bits per heavy atom. The number of benzene rings is 2. The molecule has 0 atom stereocenters. The molecule has 2 heteroatoms. The summed E-state index contributed by atoms with van der Waals surface area (Å²) in [6, 6.07) is 14.2. The van der Waals surface area contributed by atoms with Crippen LogP contribution in [0.2, 0.25) is 0 Å². The minimum atomic E-state index is 0.264. The van der Waals surface area contributed by atoms with Gasteiger partial charge in [0.1, 0.15) is 0 Å². The highest BCUT2D eigenvalue weighted by Crippen LogP contribution is 2.17. The Balaban J connectivity index is 1.87. The molecule has 0 heterocycles. The van der Waals surface area contributed by atoms with Gasteiger partial charge < -0.3 is 4.90 Å². The number of rotatable bonds is 7. The van der Waals surface area contributed by atoms with Gasteiger partial charge in [0.05, 0.1) is 0 Å². The summed E-state index contributed by atoms with van der Waals surface area (Å²) in [5.41, 5.74) is 0.844. The number of ketones is 1. The van der Waals surface area contributed by atoms with Gasteiger partial charge in [0.15, 0.2) is 5.78 Å². The SMILES string of the molecule is CN(C)CCCCCC(=O)c1ccc2ccccc2c1. The number of nitrogens with zero attached hydrogens (tertiary/aromatic N) is 1. The van der Waals surface area contributed by atoms with E-state index in [9.17, 15) is 4.79 Å². The first-order chi connectivity index (χ1) is 9.66. The highest BCUT2D eigenvalue weighted by Gasteiger charge is 2.06. The summed E-state index contributed by atoms with van der Waals surface area (Å²) >= 11 is 0. The van der Waals surface area contributed by atoms with E-state index in [0.717, 1.165) is 36.8 Å². The Kier molecular flexibility index (Phi) is 5.31. The van der Waals surface area contributed by atoms with Crippen molar-refractivity contribution < 1.29 is 4.79 Å². The summed E-state index contributed by atoms with van der Waals surface area (Å²) < 4.78 is 0. The average molecular weight is 269 g/mol. The van der Waals surface area contributed by atoms with Crippen LogP contribution in [0.5, 0.6) is 0 Å². The van der Waals surface area contributed by atoms with E-state index in [1.807, 2.05) is 30.3 Å². The number of carbonyl (C=O) groups is 1. The largest absolute Gasteiger partial charge is 0.309 e. The number of unbranched alkanes of at least 4 members (excludes halogenated alkanes) is 2. The molecule has 2 aromatic carbocycles. The van der Waals surface area contributed by atoms with Crippen LogP contribution in [0.3, 0.4) is 0 Å². The Morgan fingerprint density at radius 2 is 1.70 bits per heavy atom. The van der Waals surface area contributed by atoms with Crippen LogP contribution in [0.4, 0.5) is 0 Å². The van der Waals surface area contributed by atoms with E-state index in [-0.39, 0.29) is 5.78 Å². The van der Waals surface area contributed by atoms with Gasteiger partial charge in [-0.3, -0.25) is 4.79 Å². The summed E-state index contributed by atoms with van der Waals surface area (Å²) in [7, 11) is 4.17. The summed E-state index contributed by atoms with van der Waals surface area (Å²) in [5.74, 6) is 0.264. The van der Waals surface area contributed by atoms with Gasteiger partial charge in [-0.15, -0.1) is 0 Å². The third kappa shape index (κ3) is 4.17. The van der Waals surface area contributed by atoms with Crippen LogP contribution >= 0.6 is 0 Å². The first-order valence-corrected chi connectivity index (χ1v) is 7.33. The maximum absolute atomic E-state index is 12.2. The van der Waals surface area contributed by atoms with Gasteiger partial charge in [0.2, 0.25) is 0 Å². The van der Waals surface area contributed by atoms with Crippen molar-refractivity contribution in [3.8, 4) is 0 Å². The lowest BCUT2D eigenvalue weighted by Gasteiger charge is -2.08. The van der Waals surface area contributed by atoms with E-state index in [1.54, 1.807) is 0 Å². The Labute approximate surface area is 121 Å². The first kappa shape index (κ1) is 14.7. The van der Waals surface area contributed by atoms with Crippen molar-refractivity contribution in [2.24, 2.45) is 0 Å². The van der Waals surface area contributed by atoms with E-state index in [4.69, 9.17) is 0 Å². The maximum atomic E-state index is 12.2. The summed E-state index contributed by atoms with van der Waals surface area (Å²) in [4.78, 5) is 14.4. The molecule has 0 bridgehead atoms. The topological polar surface area (TPSA) is 20.3 Å². The fraction of sp³-hybridized carbons (Fsp3) is 0.389. The van der Waals surface area contributed by atoms with Crippen LogP contribution < -0.4 is 0 Å². The number of carbonyl (C=O) groups excluding carboxylic acids is 1. The molecule has 0 aliphatic heterocycles. The molecule has 0 saturated carbocycles. The number of Topliss-reactive ketones (excluding diaryl/α,β-unsaturated/α-hetero) is 1. The second-order valence-electron chi connectivity index (χ2n) is 5.60. The lowest BCUT2D eigenvalue weighted by Crippen LogP contribution is -2.12. The van der Waals surface area contributed by atoms with Gasteiger partial charge >= 0.3 is 0 Å². The monoisotopic (exact) mass is 269 g/mol. The Hall–Kier alpha value is -1.67. The van der Waals surface area contributed by atoms with E-state index in [1.165, 1.54) is 5.39 Å². The first-order valence-electron chi connectivity index (χ1n) is 7.33. The normalized spacial score (nSPS) is 11.2. The number of fused-ring (bicyclic) bond motifs is 1. The predicted octanol–water partition coefficient (Wildman–Crippen LogP) is 4.14. The molecule has 0 aliphatic rings. The van der Waals surface area contributed by atoms with Gasteiger partial charge in [-0.25, -0.2) is 0 Å². The second kappa shape index (κ2) is 7.20. The molecule has 0 aromatic heterocycles. The predicted molar refractivity (Wildman–Crippen MR) is 85.3 cm³/mol. The van der Waals surface area contributed by atoms with Crippen molar-refractivity contribution in [3.63, 3.8) is 0 Å². The van der Waals surface area contributed by atoms with Gasteiger partial charge in [0, 0.05) is 12.0 Å². The molecular formula is C18H23NO. The molecule has 0 amide bonds. The standard InChI is InChI=1S/C18H23NO/c1-19(2)13-7-3-4-10-18(20)17-12-11-15-8-5-6-9-16(15)14-17/h5-6,8-9,11-12,14H,3-4,7,10,13H2,1-2H3. The molecule has 0 N–H and O–H groups in total. The van der Waals surface area contributed by atoms with Crippen molar-refractivity contribution >= 4 is 16.6 Å². The second-order valence-corrected chi connectivity index (χ2v) is 5.60. The van der Waals surface area contributed by atoms with Crippen molar-refractivity contribution in [2.45, 2.75) is 25.7 Å². The molecule has 0 fully saturated rings. The average Bonchev–Trinajstić information content (AvgIpc) is 2.46. The summed E-state index contributed by atoms with van der Waals surface area (Å²) in [6.07, 6.45) is 3.93. The third-order valence-corrected chi connectivity index (χ3v) is 3.58. The summed E-state index contributed by atoms with van der Waals surface area (Å²) in [6.45, 7) is 1.10. The van der Waals surface area contributed by atoms with Crippen molar-refractivity contribution in [2.75, 3.05) is 20.6 Å². The van der Waals surface area contributed by atoms with E-state index < -0.39 is 0 Å². The minimum absolute atomic E-state index is 0.264. The van der Waals surface area contributed by atoms with Gasteiger partial charge in [-0.2, -0.15) is 0 Å². The molecule has 0 saturated heterocycles. The van der Waals surface area contributed by atoms with Crippen LogP contribution in [0.15, 0.2) is 42.5 Å². The Morgan fingerprint density at radius 1 is 0.950 bits per heavy atom. The molecule has 2 rings (SSSR count). The fourth-order valence-electron chi connectivity index (χ4n) is 2.40. The lowest BCUT2D eigenvalue weighted by atomic mass is 10.0. The molecule has 20 heavy (non-hydrogen) atoms. The molecular weight excluding hydrogens is 246 g/mol. The van der Waals surface area contributed by atoms with Crippen LogP contribution in [-0.4, -0.2) is 31.3 Å². The highest BCUT2D eigenvalue weighted by atomic mass is 16.1. The number of hydrogen-bond donors (Lipinski definition) is 0. The molecule has 0 spiro atoms. The number of hydrogen-bond acceptors (Lipinski definition) is 2. The maximum Gasteiger partial charge on any atom is 0.162 e. The quantitative estimate of drug-likeness (QED) is 0.556. The van der Waals surface area contributed by atoms with Gasteiger partial charge in [-0.05, 0) is 50.3 Å². The molecule has 0 aliphatic carbocycles. The smallest absolute Gasteiger partial charge is 0.162 e.